The molecule has 2 aromatic carbocycles. The third-order valence-electron chi connectivity index (χ3n) is 5.47. The van der Waals surface area contributed by atoms with E-state index in [9.17, 15) is 15.0 Å². The Morgan fingerprint density at radius 3 is 2.65 bits per heavy atom. The van der Waals surface area contributed by atoms with E-state index in [0.29, 0.717) is 35.5 Å². The number of pyridine rings is 1. The molecule has 1 heterocycles. The number of nitrogens with two attached hydrogens (primary N) is 2. The summed E-state index contributed by atoms with van der Waals surface area (Å²) >= 11 is 0. The zero-order chi connectivity index (χ0) is 24.7. The summed E-state index contributed by atoms with van der Waals surface area (Å²) in [6.45, 7) is 4.28. The summed E-state index contributed by atoms with van der Waals surface area (Å²) < 4.78 is 0. The van der Waals surface area contributed by atoms with E-state index >= 15 is 0 Å². The van der Waals surface area contributed by atoms with E-state index in [1.165, 1.54) is 12.3 Å². The summed E-state index contributed by atoms with van der Waals surface area (Å²) in [5.41, 5.74) is 16.9. The van der Waals surface area contributed by atoms with Gasteiger partial charge in [0, 0.05) is 42.3 Å². The van der Waals surface area contributed by atoms with Crippen LogP contribution in [0.1, 0.15) is 34.0 Å². The van der Waals surface area contributed by atoms with Gasteiger partial charge in [0.25, 0.3) is 0 Å². The minimum Gasteiger partial charge on any atom is -0.478 e. The fourth-order valence-corrected chi connectivity index (χ4v) is 3.60. The molecule has 0 amide bonds. The molecule has 34 heavy (non-hydrogen) atoms. The van der Waals surface area contributed by atoms with Gasteiger partial charge in [0.05, 0.1) is 23.6 Å². The Bertz CT molecular complexity index is 1220. The molecule has 0 aliphatic heterocycles. The Morgan fingerprint density at radius 2 is 1.94 bits per heavy atom. The predicted molar refractivity (Wildman–Crippen MR) is 135 cm³/mol. The van der Waals surface area contributed by atoms with Crippen molar-refractivity contribution in [1.82, 2.24) is 9.88 Å². The first-order valence-corrected chi connectivity index (χ1v) is 10.9. The highest BCUT2D eigenvalue weighted by atomic mass is 16.4. The lowest BCUT2D eigenvalue weighted by molar-refractivity contribution is 0.0696. The number of carboxylic acids is 1. The Hall–Kier alpha value is -4.01. The number of aliphatic hydroxyl groups excluding tert-OH is 1. The molecule has 8 heteroatoms. The number of carboxylic acid groups (broad SMARTS) is 1. The quantitative estimate of drug-likeness (QED) is 0.231. The molecule has 0 unspecified atom stereocenters. The Morgan fingerprint density at radius 1 is 1.15 bits per heavy atom. The Balaban J connectivity index is 1.87. The molecule has 7 N–H and O–H groups in total. The third kappa shape index (κ3) is 6.06. The first-order chi connectivity index (χ1) is 16.3. The molecule has 0 saturated carbocycles. The zero-order valence-electron chi connectivity index (χ0n) is 19.0. The molecular formula is C26H29N5O3. The molecule has 0 aliphatic rings. The maximum absolute atomic E-state index is 11.3. The van der Waals surface area contributed by atoms with Crippen LogP contribution in [0, 0.1) is 5.41 Å². The van der Waals surface area contributed by atoms with Gasteiger partial charge in [-0.25, -0.2) is 4.79 Å². The molecule has 0 fully saturated rings. The number of hydrogen-bond acceptors (Lipinski definition) is 7. The normalized spacial score (nSPS) is 11.6. The van der Waals surface area contributed by atoms with Crippen LogP contribution in [0.5, 0.6) is 0 Å². The standard InChI is InChI=1S/C26H29N5O3/c1-2-31(8-9-32)16-18-5-3-4-17(10-18)11-24(28)25(29)22-13-19(6-7-23(22)27)20-12-21(26(33)34)15-30-14-20/h3-7,10-15,29,32H,2,8-9,16,27-28H2,1H3,(H,33,34)/b24-11-,29-25?. The van der Waals surface area contributed by atoms with Crippen LogP contribution in [0.15, 0.2) is 66.6 Å². The van der Waals surface area contributed by atoms with Gasteiger partial charge in [-0.15, -0.1) is 0 Å². The topological polar surface area (TPSA) is 150 Å². The molecule has 176 valence electrons. The van der Waals surface area contributed by atoms with E-state index in [0.717, 1.165) is 17.7 Å². The number of nitrogens with zero attached hydrogens (tertiary/aromatic N) is 2. The van der Waals surface area contributed by atoms with Crippen LogP contribution in [0.3, 0.4) is 0 Å². The second kappa shape index (κ2) is 11.2. The SMILES string of the molecule is CCN(CCO)Cc1cccc(/C=C(\N)C(=N)c2cc(-c3cncc(C(=O)O)c3)ccc2N)c1. The average Bonchev–Trinajstić information content (AvgIpc) is 2.84. The number of rotatable bonds is 10. The van der Waals surface area contributed by atoms with E-state index in [-0.39, 0.29) is 23.6 Å². The number of anilines is 1. The van der Waals surface area contributed by atoms with Gasteiger partial charge in [-0.1, -0.05) is 37.3 Å². The molecule has 0 saturated heterocycles. The van der Waals surface area contributed by atoms with Gasteiger partial charge >= 0.3 is 5.97 Å². The molecule has 3 rings (SSSR count). The summed E-state index contributed by atoms with van der Waals surface area (Å²) in [5, 5.41) is 27.1. The molecule has 0 atom stereocenters. The highest BCUT2D eigenvalue weighted by Gasteiger charge is 2.13. The number of aromatic carboxylic acids is 1. The number of carbonyl (C=O) groups is 1. The van der Waals surface area contributed by atoms with Crippen molar-refractivity contribution in [2.24, 2.45) is 5.73 Å². The smallest absolute Gasteiger partial charge is 0.337 e. The monoisotopic (exact) mass is 459 g/mol. The molecule has 3 aromatic rings. The minimum absolute atomic E-state index is 0.0718. The summed E-state index contributed by atoms with van der Waals surface area (Å²) in [6, 6.07) is 14.5. The summed E-state index contributed by atoms with van der Waals surface area (Å²) in [7, 11) is 0. The van der Waals surface area contributed by atoms with Gasteiger partial charge in [-0.3, -0.25) is 15.3 Å². The number of nitrogens with one attached hydrogen (secondary N) is 1. The molecule has 0 bridgehead atoms. The van der Waals surface area contributed by atoms with Gasteiger partial charge in [0.2, 0.25) is 0 Å². The van der Waals surface area contributed by atoms with Gasteiger partial charge in [0.15, 0.2) is 0 Å². The molecule has 8 nitrogen and oxygen atoms in total. The van der Waals surface area contributed by atoms with Crippen LogP contribution in [0.4, 0.5) is 5.69 Å². The van der Waals surface area contributed by atoms with Crippen LogP contribution in [0.2, 0.25) is 0 Å². The molecule has 0 spiro atoms. The number of allylic oxidation sites excluding steroid dienone is 1. The second-order valence-electron chi connectivity index (χ2n) is 7.88. The second-order valence-corrected chi connectivity index (χ2v) is 7.88. The van der Waals surface area contributed by atoms with Crippen LogP contribution >= 0.6 is 0 Å². The number of hydrogen-bond donors (Lipinski definition) is 5. The highest BCUT2D eigenvalue weighted by Crippen LogP contribution is 2.26. The number of aromatic nitrogens is 1. The predicted octanol–water partition coefficient (Wildman–Crippen LogP) is 3.21. The largest absolute Gasteiger partial charge is 0.478 e. The van der Waals surface area contributed by atoms with Crippen LogP contribution in [0.25, 0.3) is 17.2 Å². The highest BCUT2D eigenvalue weighted by molar-refractivity contribution is 6.15. The number of benzene rings is 2. The van der Waals surface area contributed by atoms with Gasteiger partial charge in [0.1, 0.15) is 0 Å². The van der Waals surface area contributed by atoms with Crippen LogP contribution in [-0.2, 0) is 6.54 Å². The summed E-state index contributed by atoms with van der Waals surface area (Å²) in [6.07, 6.45) is 4.57. The lowest BCUT2D eigenvalue weighted by atomic mass is 9.97. The molecule has 0 radical (unpaired) electrons. The van der Waals surface area contributed by atoms with Gasteiger partial charge in [-0.2, -0.15) is 0 Å². The molecule has 0 aliphatic carbocycles. The van der Waals surface area contributed by atoms with Crippen molar-refractivity contribution in [3.8, 4) is 11.1 Å². The maximum Gasteiger partial charge on any atom is 0.337 e. The minimum atomic E-state index is -1.06. The van der Waals surface area contributed by atoms with Crippen molar-refractivity contribution in [1.29, 1.82) is 5.41 Å². The van der Waals surface area contributed by atoms with Crippen molar-refractivity contribution in [3.63, 3.8) is 0 Å². The fourth-order valence-electron chi connectivity index (χ4n) is 3.60. The zero-order valence-corrected chi connectivity index (χ0v) is 19.0. The third-order valence-corrected chi connectivity index (χ3v) is 5.47. The average molecular weight is 460 g/mol. The van der Waals surface area contributed by atoms with E-state index in [4.69, 9.17) is 16.9 Å². The van der Waals surface area contributed by atoms with Crippen molar-refractivity contribution < 1.29 is 15.0 Å². The van der Waals surface area contributed by atoms with E-state index in [1.807, 2.05) is 31.2 Å². The number of nitrogen functional groups attached to an aromatic ring is 1. The Kier molecular flexibility index (Phi) is 8.13. The van der Waals surface area contributed by atoms with Crippen molar-refractivity contribution >= 4 is 23.4 Å². The van der Waals surface area contributed by atoms with E-state index in [1.54, 1.807) is 30.5 Å². The number of likely N-dealkylation sites (N-methyl/N-ethyl adjacent to an activating group) is 1. The maximum atomic E-state index is 11.3. The first kappa shape index (κ1) is 24.6. The molecular weight excluding hydrogens is 430 g/mol. The van der Waals surface area contributed by atoms with E-state index in [2.05, 4.69) is 9.88 Å². The van der Waals surface area contributed by atoms with Crippen LogP contribution < -0.4 is 11.5 Å². The lowest BCUT2D eigenvalue weighted by Gasteiger charge is -2.19. The number of aliphatic hydroxyl groups is 1. The van der Waals surface area contributed by atoms with Gasteiger partial charge in [-0.05, 0) is 47.5 Å². The summed E-state index contributed by atoms with van der Waals surface area (Å²) in [4.78, 5) is 17.4. The van der Waals surface area contributed by atoms with Crippen molar-refractivity contribution in [2.45, 2.75) is 13.5 Å². The fraction of sp³-hybridized carbons (Fsp3) is 0.192. The Labute approximate surface area is 198 Å². The van der Waals surface area contributed by atoms with Crippen molar-refractivity contribution in [2.75, 3.05) is 25.4 Å². The molecule has 1 aromatic heterocycles. The van der Waals surface area contributed by atoms with Gasteiger partial charge < -0.3 is 21.7 Å². The lowest BCUT2D eigenvalue weighted by Crippen LogP contribution is -2.26. The summed E-state index contributed by atoms with van der Waals surface area (Å²) in [5.74, 6) is -1.06. The first-order valence-electron chi connectivity index (χ1n) is 10.9. The van der Waals surface area contributed by atoms with Crippen LogP contribution in [-0.4, -0.2) is 51.5 Å². The van der Waals surface area contributed by atoms with E-state index < -0.39 is 5.97 Å². The van der Waals surface area contributed by atoms with Crippen molar-refractivity contribution in [3.05, 3.63) is 88.9 Å².